The summed E-state index contributed by atoms with van der Waals surface area (Å²) in [5.74, 6) is 0.432. The van der Waals surface area contributed by atoms with Gasteiger partial charge < -0.3 is 0 Å². The van der Waals surface area contributed by atoms with Gasteiger partial charge in [-0.05, 0) is 11.1 Å². The van der Waals surface area contributed by atoms with Crippen LogP contribution >= 0.6 is 0 Å². The Morgan fingerprint density at radius 1 is 1.30 bits per heavy atom. The van der Waals surface area contributed by atoms with E-state index in [4.69, 9.17) is 0 Å². The third-order valence-corrected chi connectivity index (χ3v) is 0.635. The van der Waals surface area contributed by atoms with Crippen LogP contribution < -0.4 is 0 Å². The predicted molar refractivity (Wildman–Crippen MR) is 41.9 cm³/mol. The molecule has 0 aliphatic carbocycles. The van der Waals surface area contributed by atoms with Crippen LogP contribution in [0, 0.1) is 5.92 Å². The summed E-state index contributed by atoms with van der Waals surface area (Å²) in [6.45, 7) is 4.07. The van der Waals surface area contributed by atoms with E-state index >= 15 is 0 Å². The first-order valence-electron chi connectivity index (χ1n) is 3.24. The summed E-state index contributed by atoms with van der Waals surface area (Å²) in [6.07, 6.45) is 1.74. The molecule has 4 heteroatoms. The fourth-order valence-electron chi connectivity index (χ4n) is 0.266. The van der Waals surface area contributed by atoms with Gasteiger partial charge in [0.25, 0.3) is 0 Å². The summed E-state index contributed by atoms with van der Waals surface area (Å²) in [5.41, 5.74) is 0. The monoisotopic (exact) mass is 142 g/mol. The van der Waals surface area contributed by atoms with Crippen molar-refractivity contribution in [1.29, 1.82) is 0 Å². The molecule has 0 fully saturated rings. The summed E-state index contributed by atoms with van der Waals surface area (Å²) in [6, 6.07) is 0. The molecular formula is C6H14N4. The van der Waals surface area contributed by atoms with Crippen molar-refractivity contribution in [1.82, 2.24) is 5.01 Å². The maximum absolute atomic E-state index is 3.70. The van der Waals surface area contributed by atoms with Gasteiger partial charge >= 0.3 is 0 Å². The molecule has 0 aliphatic rings. The molecule has 0 amide bonds. The van der Waals surface area contributed by atoms with E-state index in [0.29, 0.717) is 5.92 Å². The van der Waals surface area contributed by atoms with Crippen LogP contribution in [0.2, 0.25) is 0 Å². The van der Waals surface area contributed by atoms with Gasteiger partial charge in [-0.15, -0.1) is 5.10 Å². The van der Waals surface area contributed by atoms with E-state index in [-0.39, 0.29) is 0 Å². The molecule has 0 aromatic heterocycles. The fourth-order valence-corrected chi connectivity index (χ4v) is 0.266. The quantitative estimate of drug-likeness (QED) is 0.335. The van der Waals surface area contributed by atoms with Crippen molar-refractivity contribution in [3.05, 3.63) is 0 Å². The van der Waals surface area contributed by atoms with Crippen molar-refractivity contribution in [2.45, 2.75) is 13.8 Å². The molecule has 58 valence electrons. The molecule has 0 N–H and O–H groups in total. The molecule has 0 unspecified atom stereocenters. The number of hydrogen-bond donors (Lipinski definition) is 0. The van der Waals surface area contributed by atoms with Gasteiger partial charge in [-0.1, -0.05) is 19.1 Å². The Morgan fingerprint density at radius 3 is 2.30 bits per heavy atom. The van der Waals surface area contributed by atoms with Gasteiger partial charge in [0, 0.05) is 20.3 Å². The normalized spacial score (nSPS) is 12.1. The number of hydrogen-bond acceptors (Lipinski definition) is 2. The molecule has 0 radical (unpaired) electrons. The van der Waals surface area contributed by atoms with Crippen molar-refractivity contribution >= 4 is 6.21 Å². The third kappa shape index (κ3) is 7.07. The van der Waals surface area contributed by atoms with Crippen LogP contribution in [0.3, 0.4) is 0 Å². The lowest BCUT2D eigenvalue weighted by atomic mass is 10.3. The minimum absolute atomic E-state index is 0.432. The van der Waals surface area contributed by atoms with Crippen LogP contribution in [0.1, 0.15) is 13.8 Å². The zero-order valence-electron chi connectivity index (χ0n) is 6.94. The zero-order valence-corrected chi connectivity index (χ0v) is 6.94. The smallest absolute Gasteiger partial charge is 0.0314 e. The highest BCUT2D eigenvalue weighted by Gasteiger charge is 1.81. The Hall–Kier alpha value is -0.930. The first kappa shape index (κ1) is 9.07. The van der Waals surface area contributed by atoms with Crippen LogP contribution in [-0.4, -0.2) is 25.3 Å². The Bertz CT molecular complexity index is 110. The summed E-state index contributed by atoms with van der Waals surface area (Å²) < 4.78 is 0. The lowest BCUT2D eigenvalue weighted by molar-refractivity contribution is 0.400. The average Bonchev–Trinajstić information content (AvgIpc) is 1.79. The van der Waals surface area contributed by atoms with Gasteiger partial charge in [0.1, 0.15) is 0 Å². The second kappa shape index (κ2) is 4.90. The molecule has 0 aromatic carbocycles. The van der Waals surface area contributed by atoms with Gasteiger partial charge in [-0.3, -0.25) is 5.01 Å². The van der Waals surface area contributed by atoms with Crippen LogP contribution in [0.15, 0.2) is 15.5 Å². The molecule has 0 atom stereocenters. The highest BCUT2D eigenvalue weighted by atomic mass is 15.6. The first-order chi connectivity index (χ1) is 4.63. The predicted octanol–water partition coefficient (Wildman–Crippen LogP) is 1.56. The van der Waals surface area contributed by atoms with Gasteiger partial charge in [-0.25, -0.2) is 0 Å². The lowest BCUT2D eigenvalue weighted by Crippen LogP contribution is -1.98. The summed E-state index contributed by atoms with van der Waals surface area (Å²) in [4.78, 5) is 0. The highest BCUT2D eigenvalue weighted by molar-refractivity contribution is 5.59. The van der Waals surface area contributed by atoms with Gasteiger partial charge in [0.05, 0.1) is 0 Å². The lowest BCUT2D eigenvalue weighted by Gasteiger charge is -1.96. The zero-order chi connectivity index (χ0) is 7.98. The topological polar surface area (TPSA) is 40.3 Å². The van der Waals surface area contributed by atoms with E-state index in [0.717, 1.165) is 0 Å². The molecule has 0 bridgehead atoms. The standard InChI is InChI=1S/C6H14N4/c1-6(2)5-7-8-9-10(3)4/h5-6H,1-4H3/b7-5+,9-8-. The van der Waals surface area contributed by atoms with Crippen LogP contribution in [-0.2, 0) is 0 Å². The highest BCUT2D eigenvalue weighted by Crippen LogP contribution is 1.86. The summed E-state index contributed by atoms with van der Waals surface area (Å²) in [7, 11) is 3.60. The molecule has 10 heavy (non-hydrogen) atoms. The SMILES string of the molecule is CC(C)/C=N/N=N\N(C)C. The van der Waals surface area contributed by atoms with E-state index < -0.39 is 0 Å². The van der Waals surface area contributed by atoms with Crippen LogP contribution in [0.5, 0.6) is 0 Å². The first-order valence-corrected chi connectivity index (χ1v) is 3.24. The largest absolute Gasteiger partial charge is 0.283 e. The molecule has 0 saturated carbocycles. The summed E-state index contributed by atoms with van der Waals surface area (Å²) in [5, 5.41) is 12.5. The van der Waals surface area contributed by atoms with Crippen LogP contribution in [0.25, 0.3) is 0 Å². The second-order valence-corrected chi connectivity index (χ2v) is 2.53. The Morgan fingerprint density at radius 2 is 1.90 bits per heavy atom. The number of nitrogens with zero attached hydrogens (tertiary/aromatic N) is 4. The minimum Gasteiger partial charge on any atom is -0.283 e. The Balaban J connectivity index is 3.52. The van der Waals surface area contributed by atoms with E-state index in [1.807, 2.05) is 13.8 Å². The van der Waals surface area contributed by atoms with Crippen molar-refractivity contribution < 1.29 is 0 Å². The maximum Gasteiger partial charge on any atom is 0.0314 e. The van der Waals surface area contributed by atoms with E-state index in [2.05, 4.69) is 15.5 Å². The van der Waals surface area contributed by atoms with Gasteiger partial charge in [0.2, 0.25) is 0 Å². The van der Waals surface area contributed by atoms with Crippen LogP contribution in [0.4, 0.5) is 0 Å². The van der Waals surface area contributed by atoms with Crippen molar-refractivity contribution in [2.24, 2.45) is 21.5 Å². The maximum atomic E-state index is 3.70. The molecular weight excluding hydrogens is 128 g/mol. The van der Waals surface area contributed by atoms with E-state index in [9.17, 15) is 0 Å². The fraction of sp³-hybridized carbons (Fsp3) is 0.833. The molecule has 0 heterocycles. The van der Waals surface area contributed by atoms with Gasteiger partial charge in [0.15, 0.2) is 0 Å². The number of rotatable bonds is 3. The molecule has 0 spiro atoms. The molecule has 4 nitrogen and oxygen atoms in total. The van der Waals surface area contributed by atoms with Crippen molar-refractivity contribution in [3.8, 4) is 0 Å². The Labute approximate surface area is 61.6 Å². The second-order valence-electron chi connectivity index (χ2n) is 2.53. The van der Waals surface area contributed by atoms with E-state index in [1.54, 1.807) is 25.3 Å². The molecule has 0 rings (SSSR count). The molecule has 0 aromatic rings. The minimum atomic E-state index is 0.432. The van der Waals surface area contributed by atoms with Crippen molar-refractivity contribution in [3.63, 3.8) is 0 Å². The van der Waals surface area contributed by atoms with E-state index in [1.165, 1.54) is 0 Å². The van der Waals surface area contributed by atoms with Crippen molar-refractivity contribution in [2.75, 3.05) is 14.1 Å². The van der Waals surface area contributed by atoms with Gasteiger partial charge in [-0.2, -0.15) is 0 Å². The molecule has 0 aliphatic heterocycles. The summed E-state index contributed by atoms with van der Waals surface area (Å²) >= 11 is 0. The third-order valence-electron chi connectivity index (χ3n) is 0.635. The Kier molecular flexibility index (Phi) is 4.45. The molecule has 0 saturated heterocycles. The average molecular weight is 142 g/mol.